The van der Waals surface area contributed by atoms with Gasteiger partial charge in [0.05, 0.1) is 21.3 Å². The van der Waals surface area contributed by atoms with E-state index in [0.29, 0.717) is 30.2 Å². The van der Waals surface area contributed by atoms with Gasteiger partial charge in [-0.2, -0.15) is 0 Å². The largest absolute Gasteiger partial charge is 0.496 e. The molecule has 25 heavy (non-hydrogen) atoms. The smallest absolute Gasteiger partial charge is 0.303 e. The molecule has 0 heterocycles. The van der Waals surface area contributed by atoms with Crippen molar-refractivity contribution in [3.63, 3.8) is 0 Å². The van der Waals surface area contributed by atoms with E-state index in [4.69, 9.17) is 19.3 Å². The molecule has 0 bridgehead atoms. The van der Waals surface area contributed by atoms with E-state index >= 15 is 0 Å². The molecule has 6 nitrogen and oxygen atoms in total. The predicted octanol–water partition coefficient (Wildman–Crippen LogP) is 3.34. The summed E-state index contributed by atoms with van der Waals surface area (Å²) in [6.07, 6.45) is 0.623. The molecule has 0 atom stereocenters. The van der Waals surface area contributed by atoms with Crippen LogP contribution in [0.3, 0.4) is 0 Å². The van der Waals surface area contributed by atoms with E-state index in [1.807, 2.05) is 30.3 Å². The summed E-state index contributed by atoms with van der Waals surface area (Å²) in [7, 11) is 4.78. The van der Waals surface area contributed by atoms with Gasteiger partial charge in [0.1, 0.15) is 5.75 Å². The third-order valence-electron chi connectivity index (χ3n) is 3.82. The van der Waals surface area contributed by atoms with Crippen molar-refractivity contribution in [2.75, 3.05) is 26.6 Å². The Morgan fingerprint density at radius 2 is 1.68 bits per heavy atom. The number of aliphatic carboxylic acids is 1. The first-order chi connectivity index (χ1) is 12.1. The number of carboxylic acid groups (broad SMARTS) is 1. The zero-order valence-corrected chi connectivity index (χ0v) is 14.7. The second-order valence-electron chi connectivity index (χ2n) is 5.47. The van der Waals surface area contributed by atoms with Crippen LogP contribution in [0.4, 0.5) is 5.69 Å². The van der Waals surface area contributed by atoms with Gasteiger partial charge in [0.15, 0.2) is 11.5 Å². The van der Waals surface area contributed by atoms with Crippen LogP contribution in [0.15, 0.2) is 36.4 Å². The lowest BCUT2D eigenvalue weighted by Gasteiger charge is -2.15. The Bertz CT molecular complexity index is 730. The minimum Gasteiger partial charge on any atom is -0.496 e. The molecule has 0 aliphatic heterocycles. The van der Waals surface area contributed by atoms with E-state index < -0.39 is 5.97 Å². The van der Waals surface area contributed by atoms with Gasteiger partial charge in [-0.1, -0.05) is 12.1 Å². The highest BCUT2D eigenvalue weighted by Crippen LogP contribution is 2.34. The zero-order chi connectivity index (χ0) is 18.2. The van der Waals surface area contributed by atoms with E-state index in [1.54, 1.807) is 27.4 Å². The molecule has 0 saturated heterocycles. The van der Waals surface area contributed by atoms with Crippen LogP contribution in [-0.2, 0) is 17.8 Å². The number of hydrogen-bond donors (Lipinski definition) is 2. The molecular weight excluding hydrogens is 322 g/mol. The summed E-state index contributed by atoms with van der Waals surface area (Å²) in [5.41, 5.74) is 2.82. The second kappa shape index (κ2) is 8.82. The van der Waals surface area contributed by atoms with Crippen molar-refractivity contribution < 1.29 is 24.1 Å². The van der Waals surface area contributed by atoms with Crippen molar-refractivity contribution in [1.29, 1.82) is 0 Å². The number of anilines is 1. The Labute approximate surface area is 147 Å². The minimum absolute atomic E-state index is 0.118. The molecule has 2 rings (SSSR count). The van der Waals surface area contributed by atoms with Crippen molar-refractivity contribution in [2.45, 2.75) is 19.4 Å². The fourth-order valence-electron chi connectivity index (χ4n) is 2.52. The van der Waals surface area contributed by atoms with E-state index in [-0.39, 0.29) is 6.42 Å². The third kappa shape index (κ3) is 5.04. The monoisotopic (exact) mass is 345 g/mol. The summed E-state index contributed by atoms with van der Waals surface area (Å²) < 4.78 is 16.0. The van der Waals surface area contributed by atoms with Gasteiger partial charge >= 0.3 is 5.97 Å². The Hall–Kier alpha value is -2.89. The molecule has 0 aliphatic carbocycles. The molecule has 0 aliphatic rings. The summed E-state index contributed by atoms with van der Waals surface area (Å²) >= 11 is 0. The van der Waals surface area contributed by atoms with Gasteiger partial charge < -0.3 is 24.6 Å². The lowest BCUT2D eigenvalue weighted by Crippen LogP contribution is -2.04. The number of carbonyl (C=O) groups is 1. The van der Waals surface area contributed by atoms with Crippen LogP contribution in [0.5, 0.6) is 17.2 Å². The number of nitrogens with one attached hydrogen (secondary N) is 1. The number of rotatable bonds is 9. The van der Waals surface area contributed by atoms with Crippen molar-refractivity contribution in [2.24, 2.45) is 0 Å². The molecular formula is C19H23NO5. The molecule has 0 unspecified atom stereocenters. The Kier molecular flexibility index (Phi) is 6.51. The maximum atomic E-state index is 10.7. The number of benzene rings is 2. The summed E-state index contributed by atoms with van der Waals surface area (Å²) in [6, 6.07) is 11.4. The number of hydrogen-bond acceptors (Lipinski definition) is 5. The highest BCUT2D eigenvalue weighted by atomic mass is 16.5. The second-order valence-corrected chi connectivity index (χ2v) is 5.47. The number of ether oxygens (including phenoxy) is 3. The fraction of sp³-hybridized carbons (Fsp3) is 0.316. The molecule has 0 amide bonds. The van der Waals surface area contributed by atoms with Gasteiger partial charge in [0, 0.05) is 30.3 Å². The summed E-state index contributed by atoms with van der Waals surface area (Å²) in [4.78, 5) is 10.7. The van der Waals surface area contributed by atoms with Crippen molar-refractivity contribution in [3.05, 3.63) is 47.5 Å². The summed E-state index contributed by atoms with van der Waals surface area (Å²) in [6.45, 7) is 0.534. The van der Waals surface area contributed by atoms with Crippen LogP contribution >= 0.6 is 0 Å². The van der Waals surface area contributed by atoms with Gasteiger partial charge in [-0.15, -0.1) is 0 Å². The zero-order valence-electron chi connectivity index (χ0n) is 14.7. The molecule has 0 spiro atoms. The maximum Gasteiger partial charge on any atom is 0.303 e. The first kappa shape index (κ1) is 18.4. The highest BCUT2D eigenvalue weighted by Gasteiger charge is 2.11. The molecule has 2 aromatic carbocycles. The SMILES string of the molecule is COc1cc(OC)c(OC)cc1CNc1cccc(CCC(=O)O)c1. The van der Waals surface area contributed by atoms with Crippen LogP contribution in [0.1, 0.15) is 17.5 Å². The molecule has 0 fully saturated rings. The maximum absolute atomic E-state index is 10.7. The predicted molar refractivity (Wildman–Crippen MR) is 95.8 cm³/mol. The van der Waals surface area contributed by atoms with Crippen molar-refractivity contribution in [3.8, 4) is 17.2 Å². The first-order valence-corrected chi connectivity index (χ1v) is 7.91. The van der Waals surface area contributed by atoms with Gasteiger partial charge in [0.2, 0.25) is 0 Å². The minimum atomic E-state index is -0.798. The van der Waals surface area contributed by atoms with Crippen molar-refractivity contribution >= 4 is 11.7 Å². The molecule has 0 radical (unpaired) electrons. The fourth-order valence-corrected chi connectivity index (χ4v) is 2.52. The molecule has 0 saturated carbocycles. The van der Waals surface area contributed by atoms with Crippen LogP contribution in [0, 0.1) is 0 Å². The van der Waals surface area contributed by atoms with Crippen LogP contribution in [-0.4, -0.2) is 32.4 Å². The lowest BCUT2D eigenvalue weighted by atomic mass is 10.1. The highest BCUT2D eigenvalue weighted by molar-refractivity contribution is 5.67. The standard InChI is InChI=1S/C19H23NO5/c1-23-16-11-18(25-3)17(24-2)10-14(16)12-20-15-6-4-5-13(9-15)7-8-19(21)22/h4-6,9-11,20H,7-8,12H2,1-3H3,(H,21,22). The molecule has 2 aromatic rings. The number of aryl methyl sites for hydroxylation is 1. The topological polar surface area (TPSA) is 77.0 Å². The molecule has 0 aromatic heterocycles. The average Bonchev–Trinajstić information content (AvgIpc) is 2.64. The Morgan fingerprint density at radius 1 is 1.00 bits per heavy atom. The Morgan fingerprint density at radius 3 is 2.32 bits per heavy atom. The van der Waals surface area contributed by atoms with Crippen molar-refractivity contribution in [1.82, 2.24) is 0 Å². The molecule has 2 N–H and O–H groups in total. The van der Waals surface area contributed by atoms with Gasteiger partial charge in [-0.05, 0) is 30.2 Å². The van der Waals surface area contributed by atoms with Gasteiger partial charge in [0.25, 0.3) is 0 Å². The van der Waals surface area contributed by atoms with Crippen LogP contribution in [0.25, 0.3) is 0 Å². The number of carboxylic acids is 1. The first-order valence-electron chi connectivity index (χ1n) is 7.91. The van der Waals surface area contributed by atoms with Crippen LogP contribution < -0.4 is 19.5 Å². The third-order valence-corrected chi connectivity index (χ3v) is 3.82. The normalized spacial score (nSPS) is 10.2. The van der Waals surface area contributed by atoms with Crippen LogP contribution in [0.2, 0.25) is 0 Å². The van der Waals surface area contributed by atoms with Gasteiger partial charge in [-0.3, -0.25) is 4.79 Å². The number of methoxy groups -OCH3 is 3. The Balaban J connectivity index is 2.12. The lowest BCUT2D eigenvalue weighted by molar-refractivity contribution is -0.136. The van der Waals surface area contributed by atoms with E-state index in [2.05, 4.69) is 5.32 Å². The summed E-state index contributed by atoms with van der Waals surface area (Å²) in [5.74, 6) is 1.15. The van der Waals surface area contributed by atoms with Gasteiger partial charge in [-0.25, -0.2) is 0 Å². The quantitative estimate of drug-likeness (QED) is 0.726. The van der Waals surface area contributed by atoms with E-state index in [1.165, 1.54) is 0 Å². The average molecular weight is 345 g/mol. The molecule has 6 heteroatoms. The molecule has 134 valence electrons. The van der Waals surface area contributed by atoms with E-state index in [9.17, 15) is 4.79 Å². The van der Waals surface area contributed by atoms with E-state index in [0.717, 1.165) is 16.8 Å². The summed E-state index contributed by atoms with van der Waals surface area (Å²) in [5, 5.41) is 12.1.